The van der Waals surface area contributed by atoms with Gasteiger partial charge in [-0.25, -0.2) is 4.98 Å². The molecule has 0 atom stereocenters. The Bertz CT molecular complexity index is 517. The fourth-order valence-corrected chi connectivity index (χ4v) is 2.95. The summed E-state index contributed by atoms with van der Waals surface area (Å²) in [4.78, 5) is 10.4. The molecule has 94 valence electrons. The van der Waals surface area contributed by atoms with Gasteiger partial charge in [-0.1, -0.05) is 6.07 Å². The van der Waals surface area contributed by atoms with Gasteiger partial charge in [-0.3, -0.25) is 4.98 Å². The van der Waals surface area contributed by atoms with Crippen molar-refractivity contribution in [1.82, 2.24) is 15.3 Å². The Hall–Kier alpha value is -1.26. The lowest BCUT2D eigenvalue weighted by atomic mass is 10.3. The highest BCUT2D eigenvalue weighted by atomic mass is 32.1. The summed E-state index contributed by atoms with van der Waals surface area (Å²) in [5.41, 5.74) is 2.26. The van der Waals surface area contributed by atoms with Gasteiger partial charge < -0.3 is 5.32 Å². The summed E-state index contributed by atoms with van der Waals surface area (Å²) in [5, 5.41) is 4.71. The molecule has 0 aromatic carbocycles. The molecule has 3 nitrogen and oxygen atoms in total. The van der Waals surface area contributed by atoms with Crippen LogP contribution in [-0.4, -0.2) is 16.0 Å². The summed E-state index contributed by atoms with van der Waals surface area (Å²) in [6, 6.07) is 6.78. The average molecular weight is 259 g/mol. The number of thiazole rings is 1. The average Bonchev–Trinajstić information content (AvgIpc) is 3.14. The van der Waals surface area contributed by atoms with E-state index in [0.717, 1.165) is 24.7 Å². The van der Waals surface area contributed by atoms with E-state index < -0.39 is 0 Å². The van der Waals surface area contributed by atoms with Gasteiger partial charge in [-0.2, -0.15) is 0 Å². The Morgan fingerprint density at radius 3 is 3.00 bits per heavy atom. The van der Waals surface area contributed by atoms with Crippen LogP contribution in [0.3, 0.4) is 0 Å². The van der Waals surface area contributed by atoms with E-state index in [4.69, 9.17) is 0 Å². The third kappa shape index (κ3) is 2.94. The Kier molecular flexibility index (Phi) is 3.39. The summed E-state index contributed by atoms with van der Waals surface area (Å²) in [6.07, 6.45) is 5.35. The molecule has 2 heterocycles. The summed E-state index contributed by atoms with van der Waals surface area (Å²) in [6.45, 7) is 3.07. The first kappa shape index (κ1) is 11.8. The zero-order chi connectivity index (χ0) is 12.4. The quantitative estimate of drug-likeness (QED) is 0.897. The zero-order valence-corrected chi connectivity index (χ0v) is 11.3. The minimum atomic E-state index is 0.755. The SMILES string of the molecule is Cc1nc(Cc2ccccn2)sc1CNC1CC1. The van der Waals surface area contributed by atoms with Gasteiger partial charge in [0, 0.05) is 35.8 Å². The smallest absolute Gasteiger partial charge is 0.0991 e. The predicted molar refractivity (Wildman–Crippen MR) is 73.8 cm³/mol. The lowest BCUT2D eigenvalue weighted by molar-refractivity contribution is 0.691. The summed E-state index contributed by atoms with van der Waals surface area (Å²) in [5.74, 6) is 0. The molecule has 18 heavy (non-hydrogen) atoms. The maximum atomic E-state index is 4.64. The summed E-state index contributed by atoms with van der Waals surface area (Å²) < 4.78 is 0. The fraction of sp³-hybridized carbons (Fsp3) is 0.429. The van der Waals surface area contributed by atoms with Crippen LogP contribution in [0.5, 0.6) is 0 Å². The zero-order valence-electron chi connectivity index (χ0n) is 10.5. The fourth-order valence-electron chi connectivity index (χ4n) is 1.91. The van der Waals surface area contributed by atoms with Crippen molar-refractivity contribution in [2.75, 3.05) is 0 Å². The van der Waals surface area contributed by atoms with E-state index in [-0.39, 0.29) is 0 Å². The largest absolute Gasteiger partial charge is 0.309 e. The highest BCUT2D eigenvalue weighted by Crippen LogP contribution is 2.23. The lowest BCUT2D eigenvalue weighted by Gasteiger charge is -1.99. The molecule has 2 aromatic heterocycles. The van der Waals surface area contributed by atoms with Crippen molar-refractivity contribution < 1.29 is 0 Å². The van der Waals surface area contributed by atoms with Crippen molar-refractivity contribution in [3.05, 3.63) is 45.7 Å². The van der Waals surface area contributed by atoms with Gasteiger partial charge in [0.05, 0.1) is 10.7 Å². The van der Waals surface area contributed by atoms with Crippen LogP contribution in [0.4, 0.5) is 0 Å². The molecule has 1 fully saturated rings. The number of aryl methyl sites for hydroxylation is 1. The van der Waals surface area contributed by atoms with Crippen LogP contribution in [-0.2, 0) is 13.0 Å². The third-order valence-electron chi connectivity index (χ3n) is 3.12. The number of hydrogen-bond donors (Lipinski definition) is 1. The Morgan fingerprint density at radius 1 is 1.39 bits per heavy atom. The first-order valence-electron chi connectivity index (χ1n) is 6.40. The van der Waals surface area contributed by atoms with Crippen molar-refractivity contribution >= 4 is 11.3 Å². The molecule has 0 saturated heterocycles. The number of aromatic nitrogens is 2. The van der Waals surface area contributed by atoms with E-state index in [2.05, 4.69) is 28.3 Å². The maximum absolute atomic E-state index is 4.64. The molecule has 0 aliphatic heterocycles. The number of hydrogen-bond acceptors (Lipinski definition) is 4. The van der Waals surface area contributed by atoms with E-state index in [1.807, 2.05) is 29.7 Å². The van der Waals surface area contributed by atoms with Gasteiger partial charge in [-0.15, -0.1) is 11.3 Å². The van der Waals surface area contributed by atoms with Gasteiger partial charge in [0.2, 0.25) is 0 Å². The summed E-state index contributed by atoms with van der Waals surface area (Å²) in [7, 11) is 0. The third-order valence-corrected chi connectivity index (χ3v) is 4.28. The highest BCUT2D eigenvalue weighted by Gasteiger charge is 2.21. The van der Waals surface area contributed by atoms with Gasteiger partial charge in [0.15, 0.2) is 0 Å². The Labute approximate surface area is 111 Å². The molecule has 3 rings (SSSR count). The Balaban J connectivity index is 1.67. The number of pyridine rings is 1. The second kappa shape index (κ2) is 5.16. The van der Waals surface area contributed by atoms with E-state index in [0.29, 0.717) is 0 Å². The van der Waals surface area contributed by atoms with Gasteiger partial charge >= 0.3 is 0 Å². The normalized spacial score (nSPS) is 14.9. The molecule has 0 spiro atoms. The van der Waals surface area contributed by atoms with Gasteiger partial charge in [-0.05, 0) is 31.9 Å². The van der Waals surface area contributed by atoms with E-state index in [1.165, 1.54) is 28.4 Å². The first-order chi connectivity index (χ1) is 8.81. The molecule has 2 aromatic rings. The van der Waals surface area contributed by atoms with Crippen molar-refractivity contribution in [2.24, 2.45) is 0 Å². The molecule has 0 bridgehead atoms. The molecular weight excluding hydrogens is 242 g/mol. The van der Waals surface area contributed by atoms with Crippen LogP contribution in [0.15, 0.2) is 24.4 Å². The van der Waals surface area contributed by atoms with Gasteiger partial charge in [0.25, 0.3) is 0 Å². The molecule has 0 amide bonds. The van der Waals surface area contributed by atoms with Crippen LogP contribution in [0, 0.1) is 6.92 Å². The summed E-state index contributed by atoms with van der Waals surface area (Å²) >= 11 is 1.81. The number of nitrogens with zero attached hydrogens (tertiary/aromatic N) is 2. The topological polar surface area (TPSA) is 37.8 Å². The van der Waals surface area contributed by atoms with Gasteiger partial charge in [0.1, 0.15) is 0 Å². The molecule has 0 radical (unpaired) electrons. The molecule has 0 unspecified atom stereocenters. The van der Waals surface area contributed by atoms with Crippen molar-refractivity contribution in [3.8, 4) is 0 Å². The number of rotatable bonds is 5. The molecule has 1 N–H and O–H groups in total. The predicted octanol–water partition coefficient (Wildman–Crippen LogP) is 2.69. The van der Waals surface area contributed by atoms with Crippen molar-refractivity contribution in [1.29, 1.82) is 0 Å². The minimum absolute atomic E-state index is 0.755. The van der Waals surface area contributed by atoms with Crippen LogP contribution in [0.25, 0.3) is 0 Å². The van der Waals surface area contributed by atoms with E-state index in [1.54, 1.807) is 0 Å². The molecular formula is C14H17N3S. The molecule has 1 aliphatic carbocycles. The van der Waals surface area contributed by atoms with E-state index >= 15 is 0 Å². The second-order valence-electron chi connectivity index (χ2n) is 4.77. The van der Waals surface area contributed by atoms with Crippen LogP contribution >= 0.6 is 11.3 Å². The van der Waals surface area contributed by atoms with Crippen LogP contribution < -0.4 is 5.32 Å². The van der Waals surface area contributed by atoms with E-state index in [9.17, 15) is 0 Å². The Morgan fingerprint density at radius 2 is 2.28 bits per heavy atom. The van der Waals surface area contributed by atoms with Crippen LogP contribution in [0.1, 0.15) is 34.1 Å². The van der Waals surface area contributed by atoms with Crippen LogP contribution in [0.2, 0.25) is 0 Å². The molecule has 1 aliphatic rings. The highest BCUT2D eigenvalue weighted by molar-refractivity contribution is 7.11. The van der Waals surface area contributed by atoms with Crippen molar-refractivity contribution in [3.63, 3.8) is 0 Å². The molecule has 4 heteroatoms. The monoisotopic (exact) mass is 259 g/mol. The standard InChI is InChI=1S/C14H17N3S/c1-10-13(9-16-11-5-6-11)18-14(17-10)8-12-4-2-3-7-15-12/h2-4,7,11,16H,5-6,8-9H2,1H3. The first-order valence-corrected chi connectivity index (χ1v) is 7.21. The minimum Gasteiger partial charge on any atom is -0.309 e. The van der Waals surface area contributed by atoms with Crippen molar-refractivity contribution in [2.45, 2.75) is 38.8 Å². The maximum Gasteiger partial charge on any atom is 0.0991 e. The molecule has 1 saturated carbocycles. The number of nitrogens with one attached hydrogen (secondary N) is 1. The second-order valence-corrected chi connectivity index (χ2v) is 5.94. The lowest BCUT2D eigenvalue weighted by Crippen LogP contribution is -2.14.